The second-order valence-electron chi connectivity index (χ2n) is 5.62. The molecule has 1 aromatic carbocycles. The third-order valence-corrected chi connectivity index (χ3v) is 5.75. The number of carbonyl (C=O) groups excluding carboxylic acids is 1. The van der Waals surface area contributed by atoms with Crippen molar-refractivity contribution in [1.82, 2.24) is 9.88 Å². The summed E-state index contributed by atoms with van der Waals surface area (Å²) in [4.78, 5) is 12.1. The SMILES string of the molecule is O=C(NCC1CCS(=O)(=O)C1)c1ccc(-n2cccc2)cc1. The maximum atomic E-state index is 12.1. The normalized spacial score (nSPS) is 19.9. The molecule has 0 bridgehead atoms. The van der Waals surface area contributed by atoms with Crippen molar-refractivity contribution in [3.05, 3.63) is 54.4 Å². The fourth-order valence-electron chi connectivity index (χ4n) is 2.66. The maximum Gasteiger partial charge on any atom is 0.251 e. The molecule has 2 heterocycles. The van der Waals surface area contributed by atoms with Crippen LogP contribution in [-0.4, -0.2) is 36.9 Å². The van der Waals surface area contributed by atoms with Crippen LogP contribution in [0.1, 0.15) is 16.8 Å². The van der Waals surface area contributed by atoms with Gasteiger partial charge in [0.2, 0.25) is 0 Å². The van der Waals surface area contributed by atoms with E-state index in [1.54, 1.807) is 12.1 Å². The summed E-state index contributed by atoms with van der Waals surface area (Å²) in [7, 11) is -2.89. The van der Waals surface area contributed by atoms with Crippen LogP contribution in [0.2, 0.25) is 0 Å². The van der Waals surface area contributed by atoms with E-state index in [2.05, 4.69) is 5.32 Å². The Balaban J connectivity index is 1.59. The summed E-state index contributed by atoms with van der Waals surface area (Å²) in [6, 6.07) is 11.2. The van der Waals surface area contributed by atoms with Gasteiger partial charge in [-0.15, -0.1) is 0 Å². The van der Waals surface area contributed by atoms with Crippen molar-refractivity contribution in [2.75, 3.05) is 18.1 Å². The minimum absolute atomic E-state index is 0.0353. The van der Waals surface area contributed by atoms with E-state index in [-0.39, 0.29) is 23.3 Å². The minimum Gasteiger partial charge on any atom is -0.352 e. The number of benzene rings is 1. The zero-order valence-electron chi connectivity index (χ0n) is 12.1. The molecule has 116 valence electrons. The van der Waals surface area contributed by atoms with Crippen LogP contribution in [0.15, 0.2) is 48.8 Å². The topological polar surface area (TPSA) is 68.2 Å². The van der Waals surface area contributed by atoms with Crippen molar-refractivity contribution in [1.29, 1.82) is 0 Å². The van der Waals surface area contributed by atoms with Gasteiger partial charge >= 0.3 is 0 Å². The fourth-order valence-corrected chi connectivity index (χ4v) is 4.53. The number of carbonyl (C=O) groups is 1. The molecule has 1 atom stereocenters. The highest BCUT2D eigenvalue weighted by Gasteiger charge is 2.27. The molecule has 0 aliphatic carbocycles. The Morgan fingerprint density at radius 2 is 1.86 bits per heavy atom. The second-order valence-corrected chi connectivity index (χ2v) is 7.84. The Morgan fingerprint density at radius 1 is 1.18 bits per heavy atom. The first-order valence-corrected chi connectivity index (χ1v) is 9.08. The minimum atomic E-state index is -2.89. The molecule has 1 aromatic heterocycles. The van der Waals surface area contributed by atoms with E-state index >= 15 is 0 Å². The third kappa shape index (κ3) is 3.39. The molecule has 6 heteroatoms. The Kier molecular flexibility index (Phi) is 4.02. The first-order chi connectivity index (χ1) is 10.5. The van der Waals surface area contributed by atoms with Crippen LogP contribution in [0.3, 0.4) is 0 Å². The highest BCUT2D eigenvalue weighted by molar-refractivity contribution is 7.91. The monoisotopic (exact) mass is 318 g/mol. The molecule has 1 aliphatic rings. The van der Waals surface area contributed by atoms with E-state index in [9.17, 15) is 13.2 Å². The molecular weight excluding hydrogens is 300 g/mol. The lowest BCUT2D eigenvalue weighted by atomic mass is 10.1. The van der Waals surface area contributed by atoms with Gasteiger partial charge in [0, 0.05) is 30.2 Å². The molecule has 3 rings (SSSR count). The van der Waals surface area contributed by atoms with E-state index in [1.165, 1.54) is 0 Å². The predicted octanol–water partition coefficient (Wildman–Crippen LogP) is 1.64. The number of amides is 1. The van der Waals surface area contributed by atoms with Gasteiger partial charge in [0.05, 0.1) is 11.5 Å². The van der Waals surface area contributed by atoms with Gasteiger partial charge in [0.15, 0.2) is 9.84 Å². The molecule has 1 saturated heterocycles. The lowest BCUT2D eigenvalue weighted by Gasteiger charge is -2.10. The molecule has 0 radical (unpaired) electrons. The Labute approximate surface area is 129 Å². The van der Waals surface area contributed by atoms with Crippen LogP contribution in [0.25, 0.3) is 5.69 Å². The van der Waals surface area contributed by atoms with Gasteiger partial charge in [-0.3, -0.25) is 4.79 Å². The number of hydrogen-bond acceptors (Lipinski definition) is 3. The van der Waals surface area contributed by atoms with Crippen molar-refractivity contribution < 1.29 is 13.2 Å². The van der Waals surface area contributed by atoms with Crippen molar-refractivity contribution in [2.24, 2.45) is 5.92 Å². The molecule has 1 amide bonds. The number of rotatable bonds is 4. The van der Waals surface area contributed by atoms with Gasteiger partial charge < -0.3 is 9.88 Å². The van der Waals surface area contributed by atoms with E-state index < -0.39 is 9.84 Å². The largest absolute Gasteiger partial charge is 0.352 e. The quantitative estimate of drug-likeness (QED) is 0.932. The third-order valence-electron chi connectivity index (χ3n) is 3.91. The summed E-state index contributed by atoms with van der Waals surface area (Å²) < 4.78 is 24.7. The number of aromatic nitrogens is 1. The molecule has 2 aromatic rings. The lowest BCUT2D eigenvalue weighted by Crippen LogP contribution is -2.29. The Hall–Kier alpha value is -2.08. The van der Waals surface area contributed by atoms with Crippen molar-refractivity contribution >= 4 is 15.7 Å². The van der Waals surface area contributed by atoms with Gasteiger partial charge in [0.25, 0.3) is 5.91 Å². The Bertz CT molecular complexity index is 749. The fraction of sp³-hybridized carbons (Fsp3) is 0.312. The smallest absolute Gasteiger partial charge is 0.251 e. The molecule has 5 nitrogen and oxygen atoms in total. The molecule has 1 unspecified atom stereocenters. The zero-order valence-corrected chi connectivity index (χ0v) is 12.9. The summed E-state index contributed by atoms with van der Waals surface area (Å²) in [6.45, 7) is 0.414. The summed E-state index contributed by atoms with van der Waals surface area (Å²) in [6.07, 6.45) is 4.51. The summed E-state index contributed by atoms with van der Waals surface area (Å²) in [5.41, 5.74) is 1.57. The van der Waals surface area contributed by atoms with Crippen LogP contribution in [0.4, 0.5) is 0 Å². The first-order valence-electron chi connectivity index (χ1n) is 7.25. The molecule has 0 saturated carbocycles. The second kappa shape index (κ2) is 5.96. The highest BCUT2D eigenvalue weighted by Crippen LogP contribution is 2.17. The lowest BCUT2D eigenvalue weighted by molar-refractivity contribution is 0.0948. The Morgan fingerprint density at radius 3 is 2.45 bits per heavy atom. The van der Waals surface area contributed by atoms with Crippen LogP contribution < -0.4 is 5.32 Å². The number of sulfone groups is 1. The molecule has 22 heavy (non-hydrogen) atoms. The molecule has 1 aliphatic heterocycles. The van der Waals surface area contributed by atoms with E-state index in [1.807, 2.05) is 41.2 Å². The van der Waals surface area contributed by atoms with Crippen LogP contribution in [0.5, 0.6) is 0 Å². The summed E-state index contributed by atoms with van der Waals surface area (Å²) in [5.74, 6) is 0.287. The summed E-state index contributed by atoms with van der Waals surface area (Å²) >= 11 is 0. The van der Waals surface area contributed by atoms with Gasteiger partial charge in [-0.05, 0) is 48.7 Å². The number of nitrogens with one attached hydrogen (secondary N) is 1. The van der Waals surface area contributed by atoms with Crippen LogP contribution in [0, 0.1) is 5.92 Å². The molecular formula is C16H18N2O3S. The van der Waals surface area contributed by atoms with Gasteiger partial charge in [-0.25, -0.2) is 8.42 Å². The average Bonchev–Trinajstić information content (AvgIpc) is 3.14. The van der Waals surface area contributed by atoms with E-state index in [4.69, 9.17) is 0 Å². The van der Waals surface area contributed by atoms with Crippen LogP contribution >= 0.6 is 0 Å². The molecule has 1 N–H and O–H groups in total. The van der Waals surface area contributed by atoms with Gasteiger partial charge in [0.1, 0.15) is 0 Å². The number of nitrogens with zero attached hydrogens (tertiary/aromatic N) is 1. The molecule has 1 fully saturated rings. The van der Waals surface area contributed by atoms with Gasteiger partial charge in [-0.2, -0.15) is 0 Å². The summed E-state index contributed by atoms with van der Waals surface area (Å²) in [5, 5.41) is 2.82. The number of hydrogen-bond donors (Lipinski definition) is 1. The average molecular weight is 318 g/mol. The van der Waals surface area contributed by atoms with E-state index in [0.29, 0.717) is 18.5 Å². The van der Waals surface area contributed by atoms with Crippen molar-refractivity contribution in [3.8, 4) is 5.69 Å². The van der Waals surface area contributed by atoms with Crippen molar-refractivity contribution in [2.45, 2.75) is 6.42 Å². The van der Waals surface area contributed by atoms with Crippen molar-refractivity contribution in [3.63, 3.8) is 0 Å². The standard InChI is InChI=1S/C16H18N2O3S/c19-16(17-11-13-7-10-22(20,21)12-13)14-3-5-15(6-4-14)18-8-1-2-9-18/h1-6,8-9,13H,7,10-12H2,(H,17,19). The highest BCUT2D eigenvalue weighted by atomic mass is 32.2. The van der Waals surface area contributed by atoms with E-state index in [0.717, 1.165) is 5.69 Å². The maximum absolute atomic E-state index is 12.1. The first kappa shape index (κ1) is 14.8. The predicted molar refractivity (Wildman–Crippen MR) is 84.9 cm³/mol. The van der Waals surface area contributed by atoms with Crippen LogP contribution in [-0.2, 0) is 9.84 Å². The van der Waals surface area contributed by atoms with Gasteiger partial charge in [-0.1, -0.05) is 0 Å². The zero-order chi connectivity index (χ0) is 15.6. The molecule has 0 spiro atoms.